The molecule has 2 aliphatic rings. The van der Waals surface area contributed by atoms with Crippen LogP contribution in [0.3, 0.4) is 0 Å². The summed E-state index contributed by atoms with van der Waals surface area (Å²) < 4.78 is 13.9. The zero-order chi connectivity index (χ0) is 21.7. The zero-order valence-electron chi connectivity index (χ0n) is 16.1. The van der Waals surface area contributed by atoms with Crippen LogP contribution in [0.1, 0.15) is 11.1 Å². The topological polar surface area (TPSA) is 40.6 Å². The minimum Gasteiger partial charge on any atom is -0.336 e. The molecule has 0 aliphatic carbocycles. The Hall–Kier alpha value is -3.15. The molecule has 0 saturated heterocycles. The first-order chi connectivity index (χ1) is 15.0. The number of imide groups is 1. The second kappa shape index (κ2) is 7.52. The first kappa shape index (κ1) is 19.8. The molecule has 4 nitrogen and oxygen atoms in total. The predicted octanol–water partition coefficient (Wildman–Crippen LogP) is 5.48. The van der Waals surface area contributed by atoms with Gasteiger partial charge in [-0.25, -0.2) is 9.29 Å². The smallest absolute Gasteiger partial charge is 0.282 e. The van der Waals surface area contributed by atoms with E-state index in [1.165, 1.54) is 24.3 Å². The lowest BCUT2D eigenvalue weighted by Crippen LogP contribution is -2.34. The molecule has 3 aromatic carbocycles. The van der Waals surface area contributed by atoms with Crippen molar-refractivity contribution in [3.63, 3.8) is 0 Å². The molecule has 0 aromatic heterocycles. The molecule has 2 aliphatic heterocycles. The molecule has 5 rings (SSSR count). The van der Waals surface area contributed by atoms with Gasteiger partial charge in [0, 0.05) is 22.8 Å². The van der Waals surface area contributed by atoms with Gasteiger partial charge in [0.05, 0.1) is 16.3 Å². The van der Waals surface area contributed by atoms with Crippen molar-refractivity contribution in [1.29, 1.82) is 0 Å². The Balaban J connectivity index is 1.72. The van der Waals surface area contributed by atoms with Crippen LogP contribution in [0.4, 0.5) is 15.8 Å². The highest BCUT2D eigenvalue weighted by atomic mass is 35.5. The molecule has 31 heavy (non-hydrogen) atoms. The van der Waals surface area contributed by atoms with Crippen LogP contribution in [0.5, 0.6) is 0 Å². The van der Waals surface area contributed by atoms with Crippen LogP contribution in [0.25, 0.3) is 5.57 Å². The normalized spacial score (nSPS) is 15.8. The standard InChI is InChI=1S/C24H15Cl2FN2O2/c25-15-8-9-18(19(26)12-15)21-22(28-11-10-14-4-1-2-7-20(14)28)24(31)29(23(21)30)17-6-3-5-16(27)13-17/h1-9,12-13H,10-11H2. The van der Waals surface area contributed by atoms with Crippen molar-refractivity contribution in [2.45, 2.75) is 6.42 Å². The van der Waals surface area contributed by atoms with Gasteiger partial charge in [-0.3, -0.25) is 9.59 Å². The maximum absolute atomic E-state index is 13.9. The Morgan fingerprint density at radius 3 is 2.45 bits per heavy atom. The summed E-state index contributed by atoms with van der Waals surface area (Å²) in [5, 5.41) is 0.677. The molecule has 0 atom stereocenters. The maximum Gasteiger partial charge on any atom is 0.282 e. The number of fused-ring (bicyclic) bond motifs is 1. The van der Waals surface area contributed by atoms with Gasteiger partial charge in [0.2, 0.25) is 0 Å². The summed E-state index contributed by atoms with van der Waals surface area (Å²) in [6, 6.07) is 17.9. The summed E-state index contributed by atoms with van der Waals surface area (Å²) in [6.45, 7) is 0.541. The molecule has 0 bridgehead atoms. The quantitative estimate of drug-likeness (QED) is 0.494. The highest BCUT2D eigenvalue weighted by Gasteiger charge is 2.44. The van der Waals surface area contributed by atoms with Crippen molar-refractivity contribution in [2.75, 3.05) is 16.3 Å². The average molecular weight is 453 g/mol. The lowest BCUT2D eigenvalue weighted by atomic mass is 10.0. The van der Waals surface area contributed by atoms with Crippen molar-refractivity contribution < 1.29 is 14.0 Å². The van der Waals surface area contributed by atoms with Gasteiger partial charge in [-0.05, 0) is 48.4 Å². The number of para-hydroxylation sites is 1. The number of halogens is 3. The van der Waals surface area contributed by atoms with E-state index in [1.54, 1.807) is 12.1 Å². The number of carbonyl (C=O) groups excluding carboxylic acids is 2. The van der Waals surface area contributed by atoms with Gasteiger partial charge in [0.25, 0.3) is 11.8 Å². The van der Waals surface area contributed by atoms with Gasteiger partial charge in [-0.15, -0.1) is 0 Å². The summed E-state index contributed by atoms with van der Waals surface area (Å²) in [5.41, 5.74) is 2.92. The minimum absolute atomic E-state index is 0.167. The van der Waals surface area contributed by atoms with Gasteiger partial charge in [0.15, 0.2) is 0 Å². The molecule has 0 radical (unpaired) electrons. The molecule has 2 amide bonds. The fourth-order valence-corrected chi connectivity index (χ4v) is 4.63. The van der Waals surface area contributed by atoms with Crippen molar-refractivity contribution in [3.05, 3.63) is 99.4 Å². The molecule has 7 heteroatoms. The molecule has 0 spiro atoms. The number of anilines is 2. The molecular weight excluding hydrogens is 438 g/mol. The first-order valence-electron chi connectivity index (χ1n) is 9.65. The van der Waals surface area contributed by atoms with Crippen LogP contribution in [-0.2, 0) is 16.0 Å². The fraction of sp³-hybridized carbons (Fsp3) is 0.0833. The Morgan fingerprint density at radius 1 is 0.871 bits per heavy atom. The Bertz CT molecular complexity index is 1290. The van der Waals surface area contributed by atoms with Crippen molar-refractivity contribution >= 4 is 52.0 Å². The molecule has 2 heterocycles. The average Bonchev–Trinajstić information content (AvgIpc) is 3.26. The van der Waals surface area contributed by atoms with E-state index >= 15 is 0 Å². The summed E-state index contributed by atoms with van der Waals surface area (Å²) >= 11 is 12.5. The van der Waals surface area contributed by atoms with Gasteiger partial charge in [0.1, 0.15) is 11.5 Å². The van der Waals surface area contributed by atoms with Crippen molar-refractivity contribution in [2.24, 2.45) is 0 Å². The van der Waals surface area contributed by atoms with E-state index < -0.39 is 17.6 Å². The number of amides is 2. The van der Waals surface area contributed by atoms with Crippen molar-refractivity contribution in [1.82, 2.24) is 0 Å². The van der Waals surface area contributed by atoms with Gasteiger partial charge < -0.3 is 4.90 Å². The third-order valence-corrected chi connectivity index (χ3v) is 6.03. The molecule has 0 N–H and O–H groups in total. The summed E-state index contributed by atoms with van der Waals surface area (Å²) in [7, 11) is 0. The molecule has 154 valence electrons. The van der Waals surface area contributed by atoms with Gasteiger partial charge >= 0.3 is 0 Å². The molecule has 0 unspecified atom stereocenters. The van der Waals surface area contributed by atoms with E-state index in [9.17, 15) is 14.0 Å². The number of benzene rings is 3. The van der Waals surface area contributed by atoms with Gasteiger partial charge in [-0.1, -0.05) is 53.5 Å². The summed E-state index contributed by atoms with van der Waals surface area (Å²) in [5.74, 6) is -1.61. The SMILES string of the molecule is O=C1C(c2ccc(Cl)cc2Cl)=C(N2CCc3ccccc32)C(=O)N1c1cccc(F)c1. The van der Waals surface area contributed by atoms with E-state index in [1.807, 2.05) is 29.2 Å². The number of hydrogen-bond acceptors (Lipinski definition) is 3. The lowest BCUT2D eigenvalue weighted by Gasteiger charge is -2.22. The number of carbonyl (C=O) groups is 2. The molecule has 0 fully saturated rings. The molecule has 3 aromatic rings. The summed E-state index contributed by atoms with van der Waals surface area (Å²) in [6.07, 6.45) is 0.739. The second-order valence-electron chi connectivity index (χ2n) is 7.30. The first-order valence-corrected chi connectivity index (χ1v) is 10.4. The number of rotatable bonds is 3. The zero-order valence-corrected chi connectivity index (χ0v) is 17.6. The largest absolute Gasteiger partial charge is 0.336 e. The van der Waals surface area contributed by atoms with Gasteiger partial charge in [-0.2, -0.15) is 0 Å². The predicted molar refractivity (Wildman–Crippen MR) is 120 cm³/mol. The monoisotopic (exact) mass is 452 g/mol. The van der Waals surface area contributed by atoms with E-state index in [4.69, 9.17) is 23.2 Å². The van der Waals surface area contributed by atoms with Crippen LogP contribution in [0, 0.1) is 5.82 Å². The Labute approximate surface area is 188 Å². The Kier molecular flexibility index (Phi) is 4.80. The van der Waals surface area contributed by atoms with Crippen LogP contribution in [-0.4, -0.2) is 18.4 Å². The minimum atomic E-state index is -0.556. The number of hydrogen-bond donors (Lipinski definition) is 0. The second-order valence-corrected chi connectivity index (χ2v) is 8.15. The van der Waals surface area contributed by atoms with E-state index in [0.29, 0.717) is 17.1 Å². The summed E-state index contributed by atoms with van der Waals surface area (Å²) in [4.78, 5) is 30.0. The van der Waals surface area contributed by atoms with Crippen molar-refractivity contribution in [3.8, 4) is 0 Å². The molecular formula is C24H15Cl2FN2O2. The lowest BCUT2D eigenvalue weighted by molar-refractivity contribution is -0.120. The number of nitrogens with zero attached hydrogens (tertiary/aromatic N) is 2. The van der Waals surface area contributed by atoms with E-state index in [2.05, 4.69) is 0 Å². The fourth-order valence-electron chi connectivity index (χ4n) is 4.12. The van der Waals surface area contributed by atoms with Crippen LogP contribution in [0.2, 0.25) is 10.0 Å². The third kappa shape index (κ3) is 3.21. The van der Waals surface area contributed by atoms with Crippen LogP contribution >= 0.6 is 23.2 Å². The Morgan fingerprint density at radius 2 is 1.68 bits per heavy atom. The molecule has 0 saturated carbocycles. The van der Waals surface area contributed by atoms with Crippen LogP contribution in [0.15, 0.2) is 72.4 Å². The van der Waals surface area contributed by atoms with E-state index in [-0.39, 0.29) is 22.0 Å². The highest BCUT2D eigenvalue weighted by Crippen LogP contribution is 2.42. The highest BCUT2D eigenvalue weighted by molar-refractivity contribution is 6.48. The van der Waals surface area contributed by atoms with E-state index in [0.717, 1.165) is 28.6 Å². The third-order valence-electron chi connectivity index (χ3n) is 5.48. The van der Waals surface area contributed by atoms with Crippen LogP contribution < -0.4 is 9.80 Å². The maximum atomic E-state index is 13.9.